The number of hydrogen-bond donors (Lipinski definition) is 3. The SMILES string of the molecule is COCCC(C)(C)CNc1cnc(N)cc1C(=O)O. The topological polar surface area (TPSA) is 97.5 Å². The van der Waals surface area contributed by atoms with Crippen molar-refractivity contribution in [1.82, 2.24) is 4.98 Å². The average Bonchev–Trinajstić information content (AvgIpc) is 2.35. The standard InChI is InChI=1S/C13H21N3O3/c1-13(2,4-5-19-3)8-16-10-7-15-11(14)6-9(10)12(17)18/h6-7,16H,4-5,8H2,1-3H3,(H2,14,15)(H,17,18). The zero-order valence-corrected chi connectivity index (χ0v) is 11.6. The molecular weight excluding hydrogens is 246 g/mol. The number of nitrogens with zero attached hydrogens (tertiary/aromatic N) is 1. The molecule has 0 aliphatic heterocycles. The summed E-state index contributed by atoms with van der Waals surface area (Å²) in [6.45, 7) is 5.47. The van der Waals surface area contributed by atoms with Crippen LogP contribution in [0.2, 0.25) is 0 Å². The summed E-state index contributed by atoms with van der Waals surface area (Å²) in [5.74, 6) is -0.826. The van der Waals surface area contributed by atoms with Gasteiger partial charge in [0.05, 0.1) is 17.4 Å². The number of carboxylic acid groups (broad SMARTS) is 1. The van der Waals surface area contributed by atoms with Crippen LogP contribution in [-0.2, 0) is 4.74 Å². The molecule has 0 aromatic carbocycles. The van der Waals surface area contributed by atoms with Crippen molar-refractivity contribution >= 4 is 17.5 Å². The summed E-state index contributed by atoms with van der Waals surface area (Å²) in [6.07, 6.45) is 2.33. The molecule has 0 fully saturated rings. The van der Waals surface area contributed by atoms with E-state index in [1.165, 1.54) is 12.3 Å². The fourth-order valence-corrected chi connectivity index (χ4v) is 1.59. The van der Waals surface area contributed by atoms with Gasteiger partial charge in [-0.25, -0.2) is 9.78 Å². The van der Waals surface area contributed by atoms with Gasteiger partial charge in [-0.1, -0.05) is 13.8 Å². The number of hydrogen-bond acceptors (Lipinski definition) is 5. The quantitative estimate of drug-likeness (QED) is 0.697. The van der Waals surface area contributed by atoms with E-state index >= 15 is 0 Å². The van der Waals surface area contributed by atoms with Crippen molar-refractivity contribution in [2.24, 2.45) is 5.41 Å². The third kappa shape index (κ3) is 4.75. The minimum atomic E-state index is -1.02. The zero-order valence-electron chi connectivity index (χ0n) is 11.6. The molecule has 0 unspecified atom stereocenters. The number of anilines is 2. The highest BCUT2D eigenvalue weighted by molar-refractivity contribution is 5.94. The molecule has 0 bridgehead atoms. The van der Waals surface area contributed by atoms with E-state index in [2.05, 4.69) is 24.1 Å². The molecule has 1 aromatic rings. The number of aromatic nitrogens is 1. The third-order valence-corrected chi connectivity index (χ3v) is 2.90. The lowest BCUT2D eigenvalue weighted by Crippen LogP contribution is -2.25. The highest BCUT2D eigenvalue weighted by atomic mass is 16.5. The van der Waals surface area contributed by atoms with Gasteiger partial charge in [0.1, 0.15) is 5.82 Å². The maximum Gasteiger partial charge on any atom is 0.337 e. The molecule has 6 heteroatoms. The molecule has 0 aliphatic carbocycles. The van der Waals surface area contributed by atoms with Crippen LogP contribution in [0.1, 0.15) is 30.6 Å². The van der Waals surface area contributed by atoms with Gasteiger partial charge in [0.25, 0.3) is 0 Å². The maximum absolute atomic E-state index is 11.1. The van der Waals surface area contributed by atoms with Gasteiger partial charge < -0.3 is 20.9 Å². The lowest BCUT2D eigenvalue weighted by Gasteiger charge is -2.25. The molecule has 0 amide bonds. The summed E-state index contributed by atoms with van der Waals surface area (Å²) < 4.78 is 5.06. The predicted octanol–water partition coefficient (Wildman–Crippen LogP) is 1.84. The van der Waals surface area contributed by atoms with Crippen molar-refractivity contribution in [3.05, 3.63) is 17.8 Å². The van der Waals surface area contributed by atoms with Crippen LogP contribution in [0.5, 0.6) is 0 Å². The van der Waals surface area contributed by atoms with Crippen molar-refractivity contribution in [3.8, 4) is 0 Å². The number of carbonyl (C=O) groups is 1. The smallest absolute Gasteiger partial charge is 0.337 e. The van der Waals surface area contributed by atoms with Crippen LogP contribution in [0.25, 0.3) is 0 Å². The monoisotopic (exact) mass is 267 g/mol. The number of nitrogens with two attached hydrogens (primary N) is 1. The van der Waals surface area contributed by atoms with E-state index in [9.17, 15) is 4.79 Å². The molecule has 0 aliphatic rings. The van der Waals surface area contributed by atoms with Gasteiger partial charge in [0.2, 0.25) is 0 Å². The predicted molar refractivity (Wildman–Crippen MR) is 74.4 cm³/mol. The van der Waals surface area contributed by atoms with Gasteiger partial charge in [-0.05, 0) is 17.9 Å². The van der Waals surface area contributed by atoms with Gasteiger partial charge in [0.15, 0.2) is 0 Å². The van der Waals surface area contributed by atoms with E-state index in [0.29, 0.717) is 18.8 Å². The van der Waals surface area contributed by atoms with Crippen LogP contribution in [-0.4, -0.2) is 36.3 Å². The second-order valence-electron chi connectivity index (χ2n) is 5.22. The number of ether oxygens (including phenoxy) is 1. The summed E-state index contributed by atoms with van der Waals surface area (Å²) in [5, 5.41) is 12.2. The fourth-order valence-electron chi connectivity index (χ4n) is 1.59. The lowest BCUT2D eigenvalue weighted by molar-refractivity contribution is 0.0697. The molecule has 1 rings (SSSR count). The molecular formula is C13H21N3O3. The number of aromatic carboxylic acids is 1. The third-order valence-electron chi connectivity index (χ3n) is 2.90. The highest BCUT2D eigenvalue weighted by Crippen LogP contribution is 2.23. The Morgan fingerprint density at radius 1 is 1.58 bits per heavy atom. The Bertz CT molecular complexity index is 447. The molecule has 106 valence electrons. The normalized spacial score (nSPS) is 11.3. The molecule has 0 saturated heterocycles. The molecule has 4 N–H and O–H groups in total. The molecule has 0 radical (unpaired) electrons. The first-order valence-corrected chi connectivity index (χ1v) is 6.07. The minimum absolute atomic E-state index is 0.00678. The Labute approximate surface area is 113 Å². The number of rotatable bonds is 7. The highest BCUT2D eigenvalue weighted by Gasteiger charge is 2.19. The molecule has 0 saturated carbocycles. The Hall–Kier alpha value is -1.82. The number of nitrogen functional groups attached to an aromatic ring is 1. The fraction of sp³-hybridized carbons (Fsp3) is 0.538. The first-order valence-electron chi connectivity index (χ1n) is 6.07. The van der Waals surface area contributed by atoms with E-state index in [0.717, 1.165) is 6.42 Å². The maximum atomic E-state index is 11.1. The molecule has 0 atom stereocenters. The molecule has 0 spiro atoms. The summed E-state index contributed by atoms with van der Waals surface area (Å²) in [7, 11) is 1.66. The van der Waals surface area contributed by atoms with Gasteiger partial charge in [-0.15, -0.1) is 0 Å². The molecule has 1 heterocycles. The van der Waals surface area contributed by atoms with Gasteiger partial charge in [0, 0.05) is 20.3 Å². The van der Waals surface area contributed by atoms with E-state index in [1.54, 1.807) is 7.11 Å². The second kappa shape index (κ2) is 6.38. The van der Waals surface area contributed by atoms with Crippen molar-refractivity contribution in [2.45, 2.75) is 20.3 Å². The summed E-state index contributed by atoms with van der Waals surface area (Å²) in [6, 6.07) is 1.35. The first-order chi connectivity index (χ1) is 8.85. The van der Waals surface area contributed by atoms with E-state index in [-0.39, 0.29) is 16.8 Å². The summed E-state index contributed by atoms with van der Waals surface area (Å²) in [4.78, 5) is 15.0. The molecule has 19 heavy (non-hydrogen) atoms. The Kier molecular flexibility index (Phi) is 5.11. The number of carboxylic acids is 1. The van der Waals surface area contributed by atoms with Gasteiger partial charge >= 0.3 is 5.97 Å². The van der Waals surface area contributed by atoms with Crippen LogP contribution in [0.3, 0.4) is 0 Å². The van der Waals surface area contributed by atoms with E-state index < -0.39 is 5.97 Å². The molecule has 6 nitrogen and oxygen atoms in total. The lowest BCUT2D eigenvalue weighted by atomic mass is 9.89. The van der Waals surface area contributed by atoms with Crippen LogP contribution >= 0.6 is 0 Å². The van der Waals surface area contributed by atoms with Crippen molar-refractivity contribution in [2.75, 3.05) is 31.3 Å². The van der Waals surface area contributed by atoms with Crippen LogP contribution in [0, 0.1) is 5.41 Å². The van der Waals surface area contributed by atoms with E-state index in [1.807, 2.05) is 0 Å². The van der Waals surface area contributed by atoms with Crippen molar-refractivity contribution < 1.29 is 14.6 Å². The van der Waals surface area contributed by atoms with Crippen LogP contribution < -0.4 is 11.1 Å². The van der Waals surface area contributed by atoms with Crippen LogP contribution in [0.15, 0.2) is 12.3 Å². The number of methoxy groups -OCH3 is 1. The summed E-state index contributed by atoms with van der Waals surface area (Å²) in [5.41, 5.74) is 6.10. The largest absolute Gasteiger partial charge is 0.478 e. The zero-order chi connectivity index (χ0) is 14.5. The Morgan fingerprint density at radius 2 is 2.26 bits per heavy atom. The number of pyridine rings is 1. The molecule has 1 aromatic heterocycles. The summed E-state index contributed by atoms with van der Waals surface area (Å²) >= 11 is 0. The minimum Gasteiger partial charge on any atom is -0.478 e. The number of nitrogens with one attached hydrogen (secondary N) is 1. The second-order valence-corrected chi connectivity index (χ2v) is 5.22. The average molecular weight is 267 g/mol. The van der Waals surface area contributed by atoms with Crippen LogP contribution in [0.4, 0.5) is 11.5 Å². The Balaban J connectivity index is 2.75. The van der Waals surface area contributed by atoms with Gasteiger partial charge in [-0.3, -0.25) is 0 Å². The van der Waals surface area contributed by atoms with E-state index in [4.69, 9.17) is 15.6 Å². The first kappa shape index (κ1) is 15.2. The van der Waals surface area contributed by atoms with Gasteiger partial charge in [-0.2, -0.15) is 0 Å². The van der Waals surface area contributed by atoms with Crippen molar-refractivity contribution in [1.29, 1.82) is 0 Å². The van der Waals surface area contributed by atoms with Crippen molar-refractivity contribution in [3.63, 3.8) is 0 Å². The Morgan fingerprint density at radius 3 is 2.84 bits per heavy atom.